The summed E-state index contributed by atoms with van der Waals surface area (Å²) in [5, 5.41) is 8.48. The Kier molecular flexibility index (Phi) is 7.77. The van der Waals surface area contributed by atoms with Gasteiger partial charge < -0.3 is 24.6 Å². The highest BCUT2D eigenvalue weighted by molar-refractivity contribution is 6.01. The molecule has 0 bridgehead atoms. The van der Waals surface area contributed by atoms with E-state index in [9.17, 15) is 9.59 Å². The topological polar surface area (TPSA) is 115 Å². The van der Waals surface area contributed by atoms with Crippen LogP contribution in [-0.2, 0) is 11.8 Å². The first-order valence-corrected chi connectivity index (χ1v) is 13.9. The Morgan fingerprint density at radius 3 is 2.36 bits per heavy atom. The van der Waals surface area contributed by atoms with Gasteiger partial charge in [0.1, 0.15) is 23.4 Å². The molecular weight excluding hydrogens is 534 g/mol. The molecule has 11 heteroatoms. The summed E-state index contributed by atoms with van der Waals surface area (Å²) < 4.78 is 13.0. The molecule has 1 N–H and O–H groups in total. The number of amides is 3. The van der Waals surface area contributed by atoms with E-state index in [4.69, 9.17) is 14.6 Å². The van der Waals surface area contributed by atoms with E-state index < -0.39 is 5.60 Å². The molecule has 1 saturated heterocycles. The zero-order chi connectivity index (χ0) is 30.2. The van der Waals surface area contributed by atoms with Crippen LogP contribution < -0.4 is 10.1 Å². The Balaban J connectivity index is 1.45. The second-order valence-electron chi connectivity index (χ2n) is 11.6. The summed E-state index contributed by atoms with van der Waals surface area (Å²) in [7, 11) is 3.43. The third-order valence-electron chi connectivity index (χ3n) is 7.20. The van der Waals surface area contributed by atoms with Crippen LogP contribution in [0.15, 0.2) is 55.0 Å². The van der Waals surface area contributed by atoms with E-state index >= 15 is 0 Å². The lowest BCUT2D eigenvalue weighted by atomic mass is 10.0. The number of piperazine rings is 1. The number of hydrogen-bond donors (Lipinski definition) is 1. The lowest BCUT2D eigenvalue weighted by molar-refractivity contribution is -0.00241. The molecule has 3 heterocycles. The molecule has 0 radical (unpaired) electrons. The van der Waals surface area contributed by atoms with Gasteiger partial charge >= 0.3 is 12.1 Å². The zero-order valence-corrected chi connectivity index (χ0v) is 25.1. The fourth-order valence-electron chi connectivity index (χ4n) is 5.21. The van der Waals surface area contributed by atoms with Gasteiger partial charge in [-0.05, 0) is 40.7 Å². The van der Waals surface area contributed by atoms with Gasteiger partial charge in [-0.15, -0.1) is 0 Å². The number of nitrogens with one attached hydrogen (secondary N) is 1. The summed E-state index contributed by atoms with van der Waals surface area (Å²) in [5.41, 5.74) is 3.87. The summed E-state index contributed by atoms with van der Waals surface area (Å²) in [4.78, 5) is 38.9. The quantitative estimate of drug-likeness (QED) is 0.341. The van der Waals surface area contributed by atoms with Gasteiger partial charge in [-0.3, -0.25) is 4.68 Å². The minimum Gasteiger partial charge on any atom is -0.494 e. The molecular formula is C31H37N7O4. The average molecular weight is 572 g/mol. The molecule has 5 rings (SSSR count). The number of anilines is 1. The van der Waals surface area contributed by atoms with E-state index in [1.807, 2.05) is 84.3 Å². The van der Waals surface area contributed by atoms with Gasteiger partial charge in [-0.2, -0.15) is 5.10 Å². The van der Waals surface area contributed by atoms with Gasteiger partial charge in [-0.1, -0.05) is 30.3 Å². The number of rotatable bonds is 4. The Morgan fingerprint density at radius 1 is 0.976 bits per heavy atom. The van der Waals surface area contributed by atoms with E-state index in [1.165, 1.54) is 6.33 Å². The number of benzene rings is 2. The predicted octanol–water partition coefficient (Wildman–Crippen LogP) is 5.57. The van der Waals surface area contributed by atoms with E-state index in [-0.39, 0.29) is 24.2 Å². The number of ether oxygens (including phenoxy) is 2. The maximum Gasteiger partial charge on any atom is 0.410 e. The van der Waals surface area contributed by atoms with Crippen molar-refractivity contribution >= 4 is 28.7 Å². The van der Waals surface area contributed by atoms with Crippen LogP contribution in [0.4, 0.5) is 15.3 Å². The molecule has 0 aliphatic carbocycles. The predicted molar refractivity (Wildman–Crippen MR) is 161 cm³/mol. The molecule has 11 nitrogen and oxygen atoms in total. The number of methoxy groups -OCH3 is 1. The molecule has 0 saturated carbocycles. The number of fused-ring (bicyclic) bond motifs is 1. The van der Waals surface area contributed by atoms with Gasteiger partial charge in [0, 0.05) is 61.0 Å². The SMILES string of the molecule is COc1cc2ncnc(-c3cn(C)nc3-c3ccccc3)c2cc1NC(=O)N1C[C@H](C)N(C(=O)OC(C)(C)C)C[C@@H]1C. The first-order valence-electron chi connectivity index (χ1n) is 13.9. The summed E-state index contributed by atoms with van der Waals surface area (Å²) >= 11 is 0. The van der Waals surface area contributed by atoms with E-state index in [0.29, 0.717) is 35.7 Å². The normalized spacial score (nSPS) is 17.3. The zero-order valence-electron chi connectivity index (χ0n) is 25.1. The Hall–Kier alpha value is -4.67. The minimum atomic E-state index is -0.596. The monoisotopic (exact) mass is 571 g/mol. The number of urea groups is 1. The highest BCUT2D eigenvalue weighted by Gasteiger charge is 2.36. The Bertz CT molecular complexity index is 1610. The number of hydrogen-bond acceptors (Lipinski definition) is 7. The van der Waals surface area contributed by atoms with Crippen molar-refractivity contribution in [1.29, 1.82) is 0 Å². The largest absolute Gasteiger partial charge is 0.494 e. The molecule has 1 fully saturated rings. The molecule has 4 aromatic rings. The van der Waals surface area contributed by atoms with Crippen molar-refractivity contribution < 1.29 is 19.1 Å². The number of carbonyl (C=O) groups excluding carboxylic acids is 2. The lowest BCUT2D eigenvalue weighted by Crippen LogP contribution is -2.60. The fraction of sp³-hybridized carbons (Fsp3) is 0.387. The molecule has 1 aliphatic heterocycles. The van der Waals surface area contributed by atoms with Crippen LogP contribution in [0.1, 0.15) is 34.6 Å². The van der Waals surface area contributed by atoms with Crippen LogP contribution in [-0.4, -0.2) is 79.6 Å². The smallest absolute Gasteiger partial charge is 0.410 e. The van der Waals surface area contributed by atoms with Gasteiger partial charge in [-0.25, -0.2) is 19.6 Å². The third kappa shape index (κ3) is 5.86. The first kappa shape index (κ1) is 28.8. The lowest BCUT2D eigenvalue weighted by Gasteiger charge is -2.44. The number of carbonyl (C=O) groups is 2. The Labute approximate surface area is 245 Å². The van der Waals surface area contributed by atoms with Crippen LogP contribution >= 0.6 is 0 Å². The molecule has 2 aromatic carbocycles. The number of aryl methyl sites for hydroxylation is 1. The van der Waals surface area contributed by atoms with E-state index in [2.05, 4.69) is 15.3 Å². The summed E-state index contributed by atoms with van der Waals surface area (Å²) in [6.45, 7) is 10.1. The molecule has 0 unspecified atom stereocenters. The van der Waals surface area contributed by atoms with Crippen molar-refractivity contribution in [1.82, 2.24) is 29.5 Å². The molecule has 220 valence electrons. The maximum absolute atomic E-state index is 13.6. The van der Waals surface area contributed by atoms with E-state index in [0.717, 1.165) is 22.2 Å². The highest BCUT2D eigenvalue weighted by Crippen LogP contribution is 2.37. The summed E-state index contributed by atoms with van der Waals surface area (Å²) in [5.74, 6) is 0.475. The van der Waals surface area contributed by atoms with Gasteiger partial charge in [0.25, 0.3) is 0 Å². The third-order valence-corrected chi connectivity index (χ3v) is 7.20. The second-order valence-corrected chi connectivity index (χ2v) is 11.6. The Morgan fingerprint density at radius 2 is 1.67 bits per heavy atom. The van der Waals surface area contributed by atoms with Crippen LogP contribution in [0, 0.1) is 0 Å². The number of nitrogens with zero attached hydrogens (tertiary/aromatic N) is 6. The summed E-state index contributed by atoms with van der Waals surface area (Å²) in [6.07, 6.45) is 3.07. The highest BCUT2D eigenvalue weighted by atomic mass is 16.6. The summed E-state index contributed by atoms with van der Waals surface area (Å²) in [6, 6.07) is 12.8. The standard InChI is InChI=1S/C31H37N7O4/c1-19-16-38(30(40)42-31(3,4)5)20(2)15-37(19)29(39)34-25-13-22-24(14-26(25)41-7)32-18-33-28(22)23-17-36(6)35-27(23)21-11-9-8-10-12-21/h8-14,17-20H,15-16H2,1-7H3,(H,34,39)/t19-,20-/m0/s1. The number of aromatic nitrogens is 4. The van der Waals surface area contributed by atoms with Gasteiger partial charge in [0.2, 0.25) is 0 Å². The van der Waals surface area contributed by atoms with Crippen molar-refractivity contribution in [2.75, 3.05) is 25.5 Å². The molecule has 0 spiro atoms. The van der Waals surface area contributed by atoms with Crippen molar-refractivity contribution in [3.63, 3.8) is 0 Å². The van der Waals surface area contributed by atoms with Gasteiger partial charge in [0.15, 0.2) is 0 Å². The van der Waals surface area contributed by atoms with E-state index in [1.54, 1.807) is 27.7 Å². The molecule has 2 aromatic heterocycles. The van der Waals surface area contributed by atoms with Crippen LogP contribution in [0.2, 0.25) is 0 Å². The first-order chi connectivity index (χ1) is 19.9. The minimum absolute atomic E-state index is 0.220. The fourth-order valence-corrected chi connectivity index (χ4v) is 5.21. The second kappa shape index (κ2) is 11.3. The molecule has 3 amide bonds. The van der Waals surface area contributed by atoms with Crippen LogP contribution in [0.25, 0.3) is 33.4 Å². The van der Waals surface area contributed by atoms with Crippen molar-refractivity contribution in [2.24, 2.45) is 7.05 Å². The van der Waals surface area contributed by atoms with Crippen molar-refractivity contribution in [2.45, 2.75) is 52.3 Å². The van der Waals surface area contributed by atoms with Crippen LogP contribution in [0.5, 0.6) is 5.75 Å². The van der Waals surface area contributed by atoms with Crippen molar-refractivity contribution in [3.05, 3.63) is 55.0 Å². The van der Waals surface area contributed by atoms with Gasteiger partial charge in [0.05, 0.1) is 24.0 Å². The average Bonchev–Trinajstić information content (AvgIpc) is 3.34. The molecule has 42 heavy (non-hydrogen) atoms. The maximum atomic E-state index is 13.6. The molecule has 2 atom stereocenters. The van der Waals surface area contributed by atoms with Crippen LogP contribution in [0.3, 0.4) is 0 Å². The van der Waals surface area contributed by atoms with Crippen molar-refractivity contribution in [3.8, 4) is 28.3 Å². The molecule has 1 aliphatic rings.